The van der Waals surface area contributed by atoms with Crippen LogP contribution in [0.1, 0.15) is 12.8 Å². The number of thioether (sulfide) groups is 1. The number of hydrogen-bond acceptors (Lipinski definition) is 8. The van der Waals surface area contributed by atoms with Gasteiger partial charge in [0.15, 0.2) is 0 Å². The van der Waals surface area contributed by atoms with Gasteiger partial charge < -0.3 is 14.5 Å². The molecule has 3 aromatic rings. The smallest absolute Gasteiger partial charge is 0.238 e. The van der Waals surface area contributed by atoms with E-state index < -0.39 is 15.7 Å². The van der Waals surface area contributed by atoms with Crippen molar-refractivity contribution < 1.29 is 26.8 Å². The van der Waals surface area contributed by atoms with Crippen molar-refractivity contribution >= 4 is 38.8 Å². The first-order valence-corrected chi connectivity index (χ1v) is 12.8. The minimum Gasteiger partial charge on any atom is -0.428 e. The molecule has 3 heterocycles. The summed E-state index contributed by atoms with van der Waals surface area (Å²) in [6, 6.07) is 8.04. The number of ether oxygens (including phenoxy) is 1. The molecule has 0 bridgehead atoms. The van der Waals surface area contributed by atoms with Crippen molar-refractivity contribution in [2.45, 2.75) is 34.0 Å². The van der Waals surface area contributed by atoms with Crippen LogP contribution in [-0.4, -0.2) is 44.3 Å². The molecular weight excluding hydrogens is 463 g/mol. The molecule has 1 aliphatic rings. The molecule has 31 heavy (non-hydrogen) atoms. The first kappa shape index (κ1) is 22.0. The van der Waals surface area contributed by atoms with Crippen LogP contribution in [0.15, 0.2) is 61.2 Å². The lowest BCUT2D eigenvalue weighted by atomic mass is 10.2. The van der Waals surface area contributed by atoms with E-state index >= 15 is 0 Å². The summed E-state index contributed by atoms with van der Waals surface area (Å²) in [6.45, 7) is 1.11. The van der Waals surface area contributed by atoms with Crippen molar-refractivity contribution in [3.05, 3.63) is 47.6 Å². The largest absolute Gasteiger partial charge is 0.428 e. The zero-order valence-corrected chi connectivity index (χ0v) is 18.7. The summed E-state index contributed by atoms with van der Waals surface area (Å²) in [7, 11) is -4.07. The van der Waals surface area contributed by atoms with Crippen molar-refractivity contribution in [1.29, 1.82) is 0 Å². The lowest BCUT2D eigenvalue weighted by Gasteiger charge is -2.10. The average molecular weight is 483 g/mol. The number of hydrogen-bond donors (Lipinski definition) is 1. The summed E-state index contributed by atoms with van der Waals surface area (Å²) in [5.41, 5.74) is 0. The Balaban J connectivity index is 1.55. The van der Waals surface area contributed by atoms with Crippen molar-refractivity contribution in [3.8, 4) is 10.8 Å². The second-order valence-corrected chi connectivity index (χ2v) is 10.5. The van der Waals surface area contributed by atoms with Gasteiger partial charge in [-0.3, -0.25) is 4.79 Å². The Kier molecular flexibility index (Phi) is 6.75. The van der Waals surface area contributed by atoms with E-state index in [0.717, 1.165) is 36.7 Å². The normalized spacial score (nSPS) is 16.5. The Hall–Kier alpha value is -2.21. The van der Waals surface area contributed by atoms with E-state index in [9.17, 15) is 17.6 Å². The number of nitrogens with one attached hydrogen (secondary N) is 1. The summed E-state index contributed by atoms with van der Waals surface area (Å²) < 4.78 is 50.7. The van der Waals surface area contributed by atoms with Gasteiger partial charge in [0.1, 0.15) is 5.82 Å². The highest BCUT2D eigenvalue weighted by Crippen LogP contribution is 2.36. The van der Waals surface area contributed by atoms with Gasteiger partial charge in [0.2, 0.25) is 31.8 Å². The summed E-state index contributed by atoms with van der Waals surface area (Å²) in [6.07, 6.45) is 1.89. The topological polar surface area (TPSA) is 98.5 Å². The fourth-order valence-electron chi connectivity index (χ4n) is 3.00. The Labute approximate surface area is 186 Å². The molecule has 164 valence electrons. The molecule has 0 spiro atoms. The van der Waals surface area contributed by atoms with Gasteiger partial charge in [-0.1, -0.05) is 17.8 Å². The molecule has 1 saturated heterocycles. The maximum absolute atomic E-state index is 13.3. The van der Waals surface area contributed by atoms with Crippen LogP contribution in [0.2, 0.25) is 0 Å². The fraction of sp³-hybridized carbons (Fsp3) is 0.300. The Bertz CT molecular complexity index is 1140. The molecule has 0 unspecified atom stereocenters. The molecule has 1 atom stereocenters. The van der Waals surface area contributed by atoms with Crippen LogP contribution in [0.3, 0.4) is 0 Å². The van der Waals surface area contributed by atoms with E-state index in [2.05, 4.69) is 10.3 Å². The molecule has 0 aliphatic carbocycles. The number of benzene rings is 1. The first-order valence-electron chi connectivity index (χ1n) is 9.50. The molecule has 0 saturated carbocycles. The van der Waals surface area contributed by atoms with E-state index in [1.807, 2.05) is 5.38 Å². The molecule has 11 heteroatoms. The summed E-state index contributed by atoms with van der Waals surface area (Å²) >= 11 is 2.30. The minimum absolute atomic E-state index is 0.0130. The number of halogens is 1. The number of carbonyl (C=O) groups excluding carboxylic acids is 1. The summed E-state index contributed by atoms with van der Waals surface area (Å²) in [5.74, 6) is -0.703. The number of nitrogens with zero attached hydrogens (tertiary/aromatic N) is 1. The maximum atomic E-state index is 13.3. The predicted octanol–water partition coefficient (Wildman–Crippen LogP) is 3.76. The second-order valence-electron chi connectivity index (χ2n) is 6.77. The number of rotatable bonds is 8. The van der Waals surface area contributed by atoms with Crippen molar-refractivity contribution in [2.24, 2.45) is 0 Å². The number of carbonyl (C=O) groups is 1. The molecular formula is C20H19FN2O5S3. The van der Waals surface area contributed by atoms with Crippen LogP contribution in [-0.2, 0) is 19.4 Å². The Morgan fingerprint density at radius 3 is 2.77 bits per heavy atom. The van der Waals surface area contributed by atoms with E-state index in [-0.39, 0.29) is 38.7 Å². The van der Waals surface area contributed by atoms with E-state index in [0.29, 0.717) is 18.0 Å². The Morgan fingerprint density at radius 2 is 2.10 bits per heavy atom. The van der Waals surface area contributed by atoms with E-state index in [4.69, 9.17) is 9.15 Å². The number of amides is 1. The van der Waals surface area contributed by atoms with Crippen LogP contribution >= 0.6 is 23.1 Å². The third-order valence-corrected chi connectivity index (χ3v) is 8.17. The molecule has 1 aliphatic heterocycles. The number of aromatic nitrogens is 1. The lowest BCUT2D eigenvalue weighted by molar-refractivity contribution is -0.119. The van der Waals surface area contributed by atoms with Crippen molar-refractivity contribution in [3.63, 3.8) is 0 Å². The average Bonchev–Trinajstić information content (AvgIpc) is 3.52. The van der Waals surface area contributed by atoms with Crippen LogP contribution in [0.4, 0.5) is 4.39 Å². The third kappa shape index (κ3) is 5.17. The highest BCUT2D eigenvalue weighted by molar-refractivity contribution is 8.00. The van der Waals surface area contributed by atoms with Gasteiger partial charge >= 0.3 is 0 Å². The summed E-state index contributed by atoms with van der Waals surface area (Å²) in [4.78, 5) is 17.0. The first-order chi connectivity index (χ1) is 14.9. The van der Waals surface area contributed by atoms with Gasteiger partial charge in [0, 0.05) is 13.2 Å². The highest BCUT2D eigenvalue weighted by Gasteiger charge is 2.29. The molecule has 7 nitrogen and oxygen atoms in total. The van der Waals surface area contributed by atoms with Crippen molar-refractivity contribution in [1.82, 2.24) is 10.3 Å². The van der Waals surface area contributed by atoms with Crippen molar-refractivity contribution in [2.75, 3.05) is 18.9 Å². The molecule has 0 radical (unpaired) electrons. The second kappa shape index (κ2) is 9.51. The van der Waals surface area contributed by atoms with Crippen LogP contribution in [0.25, 0.3) is 10.8 Å². The van der Waals surface area contributed by atoms with Crippen LogP contribution < -0.4 is 5.32 Å². The molecule has 2 aromatic heterocycles. The summed E-state index contributed by atoms with van der Waals surface area (Å²) in [5, 5.41) is 4.33. The van der Waals surface area contributed by atoms with Gasteiger partial charge in [0.05, 0.1) is 21.6 Å². The third-order valence-electron chi connectivity index (χ3n) is 4.56. The van der Waals surface area contributed by atoms with Crippen LogP contribution in [0.5, 0.6) is 0 Å². The highest BCUT2D eigenvalue weighted by atomic mass is 32.2. The zero-order valence-electron chi connectivity index (χ0n) is 16.2. The molecule has 4 rings (SSSR count). The van der Waals surface area contributed by atoms with Gasteiger partial charge in [-0.15, -0.1) is 11.3 Å². The zero-order chi connectivity index (χ0) is 21.8. The Morgan fingerprint density at radius 1 is 1.29 bits per heavy atom. The predicted molar refractivity (Wildman–Crippen MR) is 114 cm³/mol. The van der Waals surface area contributed by atoms with Crippen LogP contribution in [0, 0.1) is 5.82 Å². The lowest BCUT2D eigenvalue weighted by Crippen LogP contribution is -2.32. The number of sulfone groups is 1. The SMILES string of the molecule is O=C(CSc1oc(-c2cccs2)nc1S(=O)(=O)c1ccc(F)cc1)NC[C@H]1CCCO1. The molecule has 1 fully saturated rings. The van der Waals surface area contributed by atoms with Gasteiger partial charge in [0.25, 0.3) is 0 Å². The fourth-order valence-corrected chi connectivity index (χ4v) is 6.01. The van der Waals surface area contributed by atoms with Gasteiger partial charge in [-0.25, -0.2) is 12.8 Å². The minimum atomic E-state index is -4.07. The van der Waals surface area contributed by atoms with Gasteiger partial charge in [-0.05, 0) is 48.6 Å². The number of oxazole rings is 1. The molecule has 1 amide bonds. The van der Waals surface area contributed by atoms with E-state index in [1.54, 1.807) is 12.1 Å². The van der Waals surface area contributed by atoms with E-state index in [1.165, 1.54) is 23.5 Å². The monoisotopic (exact) mass is 482 g/mol. The maximum Gasteiger partial charge on any atom is 0.238 e. The standard InChI is InChI=1S/C20H19FN2O5S3/c21-13-5-7-15(8-6-13)31(25,26)19-20(28-18(23-19)16-4-2-10-29-16)30-12-17(24)22-11-14-3-1-9-27-14/h2,4-8,10,14H,1,3,9,11-12H2,(H,22,24)/t14-/m1/s1. The molecule has 1 N–H and O–H groups in total. The number of thiophene rings is 1. The quantitative estimate of drug-likeness (QED) is 0.386. The van der Waals surface area contributed by atoms with Gasteiger partial charge in [-0.2, -0.15) is 4.98 Å². The molecule has 1 aromatic carbocycles.